The third-order valence-electron chi connectivity index (χ3n) is 3.73. The fourth-order valence-corrected chi connectivity index (χ4v) is 2.39. The fourth-order valence-electron chi connectivity index (χ4n) is 2.39. The van der Waals surface area contributed by atoms with Crippen LogP contribution in [0.4, 0.5) is 5.69 Å². The van der Waals surface area contributed by atoms with E-state index in [-0.39, 0.29) is 11.5 Å². The monoisotopic (exact) mass is 309 g/mol. The third kappa shape index (κ3) is 2.78. The van der Waals surface area contributed by atoms with Crippen LogP contribution in [0.15, 0.2) is 42.5 Å². The number of aromatic nitrogens is 2. The van der Waals surface area contributed by atoms with Gasteiger partial charge in [0.1, 0.15) is 5.82 Å². The number of aromatic carboxylic acids is 1. The van der Waals surface area contributed by atoms with Crippen LogP contribution in [0.1, 0.15) is 26.5 Å². The second kappa shape index (κ2) is 5.57. The van der Waals surface area contributed by atoms with Gasteiger partial charge in [-0.3, -0.25) is 4.79 Å². The van der Waals surface area contributed by atoms with E-state index in [4.69, 9.17) is 5.11 Å². The van der Waals surface area contributed by atoms with Gasteiger partial charge < -0.3 is 15.0 Å². The first-order chi connectivity index (χ1) is 11.0. The van der Waals surface area contributed by atoms with Crippen LogP contribution < -0.4 is 5.32 Å². The molecule has 1 heterocycles. The number of hydrogen-bond acceptors (Lipinski definition) is 3. The van der Waals surface area contributed by atoms with Gasteiger partial charge in [-0.15, -0.1) is 0 Å². The molecule has 0 saturated heterocycles. The van der Waals surface area contributed by atoms with E-state index in [1.165, 1.54) is 12.1 Å². The molecule has 0 aliphatic rings. The number of aryl methyl sites for hydroxylation is 2. The minimum absolute atomic E-state index is 0.0773. The number of anilines is 1. The average Bonchev–Trinajstić information content (AvgIpc) is 2.81. The summed E-state index contributed by atoms with van der Waals surface area (Å²) in [5.74, 6) is -0.539. The average molecular weight is 309 g/mol. The summed E-state index contributed by atoms with van der Waals surface area (Å²) >= 11 is 0. The zero-order chi connectivity index (χ0) is 16.6. The number of imidazole rings is 1. The van der Waals surface area contributed by atoms with E-state index in [1.54, 1.807) is 24.3 Å². The molecule has 0 atom stereocenters. The Balaban J connectivity index is 1.88. The molecule has 0 saturated carbocycles. The normalized spacial score (nSPS) is 10.7. The topological polar surface area (TPSA) is 84.2 Å². The molecule has 0 aliphatic carbocycles. The largest absolute Gasteiger partial charge is 0.478 e. The van der Waals surface area contributed by atoms with Crippen molar-refractivity contribution in [3.8, 4) is 0 Å². The van der Waals surface area contributed by atoms with E-state index in [1.807, 2.05) is 24.6 Å². The van der Waals surface area contributed by atoms with Crippen molar-refractivity contribution in [1.29, 1.82) is 0 Å². The zero-order valence-electron chi connectivity index (χ0n) is 12.7. The fraction of sp³-hybridized carbons (Fsp3) is 0.118. The lowest BCUT2D eigenvalue weighted by molar-refractivity contribution is 0.0697. The molecule has 0 fully saturated rings. The number of benzene rings is 2. The molecule has 0 aliphatic heterocycles. The first-order valence-electron chi connectivity index (χ1n) is 7.03. The lowest BCUT2D eigenvalue weighted by Gasteiger charge is -2.06. The van der Waals surface area contributed by atoms with Gasteiger partial charge in [-0.2, -0.15) is 0 Å². The number of carbonyl (C=O) groups excluding carboxylic acids is 1. The van der Waals surface area contributed by atoms with Crippen molar-refractivity contribution in [2.45, 2.75) is 6.92 Å². The molecule has 6 heteroatoms. The molecule has 1 aromatic heterocycles. The van der Waals surface area contributed by atoms with Crippen LogP contribution in [-0.2, 0) is 7.05 Å². The number of nitrogens with zero attached hydrogens (tertiary/aromatic N) is 2. The maximum atomic E-state index is 12.3. The molecule has 0 spiro atoms. The molecular weight excluding hydrogens is 294 g/mol. The van der Waals surface area contributed by atoms with E-state index in [0.717, 1.165) is 16.9 Å². The second-order valence-corrected chi connectivity index (χ2v) is 5.26. The van der Waals surface area contributed by atoms with Crippen LogP contribution in [0.3, 0.4) is 0 Å². The van der Waals surface area contributed by atoms with Gasteiger partial charge in [0.05, 0.1) is 16.6 Å². The molecule has 0 bridgehead atoms. The Bertz CT molecular complexity index is 928. The van der Waals surface area contributed by atoms with Gasteiger partial charge in [-0.25, -0.2) is 9.78 Å². The van der Waals surface area contributed by atoms with E-state index in [2.05, 4.69) is 10.3 Å². The van der Waals surface area contributed by atoms with Crippen LogP contribution in [0.2, 0.25) is 0 Å². The van der Waals surface area contributed by atoms with E-state index in [0.29, 0.717) is 11.3 Å². The predicted molar refractivity (Wildman–Crippen MR) is 86.8 cm³/mol. The summed E-state index contributed by atoms with van der Waals surface area (Å²) in [7, 11) is 1.93. The SMILES string of the molecule is Cc1nc2cc(NC(=O)c3cccc(C(=O)O)c3)ccc2n1C. The van der Waals surface area contributed by atoms with Crippen LogP contribution >= 0.6 is 0 Å². The third-order valence-corrected chi connectivity index (χ3v) is 3.73. The van der Waals surface area contributed by atoms with Gasteiger partial charge in [-0.1, -0.05) is 6.07 Å². The Morgan fingerprint density at radius 1 is 1.13 bits per heavy atom. The molecule has 3 aromatic rings. The van der Waals surface area contributed by atoms with Gasteiger partial charge in [0.2, 0.25) is 0 Å². The van der Waals surface area contributed by atoms with Gasteiger partial charge >= 0.3 is 5.97 Å². The molecule has 1 amide bonds. The second-order valence-electron chi connectivity index (χ2n) is 5.26. The Hall–Kier alpha value is -3.15. The van der Waals surface area contributed by atoms with Crippen molar-refractivity contribution >= 4 is 28.6 Å². The highest BCUT2D eigenvalue weighted by Crippen LogP contribution is 2.20. The molecule has 0 unspecified atom stereocenters. The van der Waals surface area contributed by atoms with Crippen molar-refractivity contribution in [3.05, 3.63) is 59.4 Å². The maximum absolute atomic E-state index is 12.3. The highest BCUT2D eigenvalue weighted by Gasteiger charge is 2.11. The summed E-state index contributed by atoms with van der Waals surface area (Å²) in [4.78, 5) is 27.7. The van der Waals surface area contributed by atoms with Gasteiger partial charge in [-0.05, 0) is 43.3 Å². The summed E-state index contributed by atoms with van der Waals surface area (Å²) in [5, 5.41) is 11.7. The van der Waals surface area contributed by atoms with Crippen LogP contribution in [0, 0.1) is 6.92 Å². The number of fused-ring (bicyclic) bond motifs is 1. The lowest BCUT2D eigenvalue weighted by atomic mass is 10.1. The lowest BCUT2D eigenvalue weighted by Crippen LogP contribution is -2.12. The molecule has 2 aromatic carbocycles. The highest BCUT2D eigenvalue weighted by atomic mass is 16.4. The maximum Gasteiger partial charge on any atom is 0.335 e. The first-order valence-corrected chi connectivity index (χ1v) is 7.03. The minimum atomic E-state index is -1.06. The highest BCUT2D eigenvalue weighted by molar-refractivity contribution is 6.06. The zero-order valence-corrected chi connectivity index (χ0v) is 12.7. The van der Waals surface area contributed by atoms with Crippen molar-refractivity contribution in [2.24, 2.45) is 7.05 Å². The molecule has 2 N–H and O–H groups in total. The smallest absolute Gasteiger partial charge is 0.335 e. The Kier molecular flexibility index (Phi) is 3.57. The quantitative estimate of drug-likeness (QED) is 0.779. The van der Waals surface area contributed by atoms with Gasteiger partial charge in [0, 0.05) is 18.3 Å². The Morgan fingerprint density at radius 3 is 2.61 bits per heavy atom. The standard InChI is InChI=1S/C17H15N3O3/c1-10-18-14-9-13(6-7-15(14)20(10)2)19-16(21)11-4-3-5-12(8-11)17(22)23/h3-9H,1-2H3,(H,19,21)(H,22,23). The van der Waals surface area contributed by atoms with E-state index < -0.39 is 5.97 Å². The number of amides is 1. The number of hydrogen-bond donors (Lipinski definition) is 2. The predicted octanol–water partition coefficient (Wildman–Crippen LogP) is 2.83. The first kappa shape index (κ1) is 14.8. The van der Waals surface area contributed by atoms with Crippen LogP contribution in [-0.4, -0.2) is 26.5 Å². The Morgan fingerprint density at radius 2 is 1.87 bits per heavy atom. The molecular formula is C17H15N3O3. The van der Waals surface area contributed by atoms with Crippen LogP contribution in [0.25, 0.3) is 11.0 Å². The summed E-state index contributed by atoms with van der Waals surface area (Å²) < 4.78 is 1.97. The van der Waals surface area contributed by atoms with Gasteiger partial charge in [0.25, 0.3) is 5.91 Å². The number of carboxylic acids is 1. The van der Waals surface area contributed by atoms with E-state index >= 15 is 0 Å². The summed E-state index contributed by atoms with van der Waals surface area (Å²) in [5.41, 5.74) is 2.76. The summed E-state index contributed by atoms with van der Waals surface area (Å²) in [6.45, 7) is 1.91. The van der Waals surface area contributed by atoms with Crippen molar-refractivity contribution in [1.82, 2.24) is 9.55 Å². The van der Waals surface area contributed by atoms with E-state index in [9.17, 15) is 9.59 Å². The minimum Gasteiger partial charge on any atom is -0.478 e. The number of carboxylic acid groups (broad SMARTS) is 1. The Labute approximate surface area is 132 Å². The number of rotatable bonds is 3. The van der Waals surface area contributed by atoms with Crippen LogP contribution in [0.5, 0.6) is 0 Å². The summed E-state index contributed by atoms with van der Waals surface area (Å²) in [6, 6.07) is 11.4. The molecule has 116 valence electrons. The number of carbonyl (C=O) groups is 2. The molecule has 23 heavy (non-hydrogen) atoms. The summed E-state index contributed by atoms with van der Waals surface area (Å²) in [6.07, 6.45) is 0. The van der Waals surface area contributed by atoms with Crippen molar-refractivity contribution in [3.63, 3.8) is 0 Å². The number of nitrogens with one attached hydrogen (secondary N) is 1. The molecule has 3 rings (SSSR count). The molecule has 6 nitrogen and oxygen atoms in total. The van der Waals surface area contributed by atoms with Crippen molar-refractivity contribution < 1.29 is 14.7 Å². The molecule has 0 radical (unpaired) electrons. The van der Waals surface area contributed by atoms with Gasteiger partial charge in [0.15, 0.2) is 0 Å². The van der Waals surface area contributed by atoms with Crippen molar-refractivity contribution in [2.75, 3.05) is 5.32 Å².